The van der Waals surface area contributed by atoms with Gasteiger partial charge in [-0.3, -0.25) is 4.79 Å². The van der Waals surface area contributed by atoms with Crippen molar-refractivity contribution < 1.29 is 4.79 Å². The first-order chi connectivity index (χ1) is 10.1. The fraction of sp³-hybridized carbons (Fsp3) is 0.375. The van der Waals surface area contributed by atoms with E-state index < -0.39 is 0 Å². The average molecular weight is 286 g/mol. The molecule has 0 radical (unpaired) electrons. The number of hydrogen-bond donors (Lipinski definition) is 2. The number of imidazole rings is 1. The summed E-state index contributed by atoms with van der Waals surface area (Å²) in [6.45, 7) is 5.58. The first kappa shape index (κ1) is 15.3. The molecule has 5 nitrogen and oxygen atoms in total. The van der Waals surface area contributed by atoms with Gasteiger partial charge < -0.3 is 15.2 Å². The van der Waals surface area contributed by atoms with Crippen LogP contribution in [0.3, 0.4) is 0 Å². The molecule has 0 saturated heterocycles. The molecule has 1 aromatic carbocycles. The quantitative estimate of drug-likeness (QED) is 0.821. The van der Waals surface area contributed by atoms with Crippen LogP contribution in [0.1, 0.15) is 25.8 Å². The van der Waals surface area contributed by atoms with Gasteiger partial charge in [-0.2, -0.15) is 0 Å². The topological polar surface area (TPSA) is 59.0 Å². The minimum atomic E-state index is 0.0305. The van der Waals surface area contributed by atoms with E-state index in [4.69, 9.17) is 0 Å². The number of aromatic nitrogens is 2. The summed E-state index contributed by atoms with van der Waals surface area (Å²) in [5, 5.41) is 6.16. The number of carbonyl (C=O) groups excluding carboxylic acids is 1. The Kier molecular flexibility index (Phi) is 5.51. The molecular formula is C16H22N4O. The van der Waals surface area contributed by atoms with Gasteiger partial charge >= 0.3 is 0 Å². The normalized spacial score (nSPS) is 10.8. The first-order valence-corrected chi connectivity index (χ1v) is 7.21. The summed E-state index contributed by atoms with van der Waals surface area (Å²) in [6, 6.07) is 8.29. The molecule has 1 aromatic heterocycles. The molecule has 2 N–H and O–H groups in total. The van der Waals surface area contributed by atoms with Crippen molar-refractivity contribution in [1.82, 2.24) is 14.9 Å². The van der Waals surface area contributed by atoms with Crippen LogP contribution >= 0.6 is 0 Å². The molecule has 0 spiro atoms. The van der Waals surface area contributed by atoms with E-state index in [-0.39, 0.29) is 5.91 Å². The standard InChI is InChI=1S/C16H22N4O/c1-13(2)18-7-6-16(21)19-15-5-3-4-14(10-15)11-20-9-8-17-12-20/h3-5,8-10,12-13,18H,6-7,11H2,1-2H3,(H,19,21). The summed E-state index contributed by atoms with van der Waals surface area (Å²) in [7, 11) is 0. The molecule has 0 fully saturated rings. The average Bonchev–Trinajstić information content (AvgIpc) is 2.91. The monoisotopic (exact) mass is 286 g/mol. The fourth-order valence-electron chi connectivity index (χ4n) is 2.04. The molecule has 0 aliphatic heterocycles. The van der Waals surface area contributed by atoms with Crippen molar-refractivity contribution in [3.05, 3.63) is 48.5 Å². The number of anilines is 1. The van der Waals surface area contributed by atoms with Crippen LogP contribution in [0.15, 0.2) is 43.0 Å². The van der Waals surface area contributed by atoms with E-state index >= 15 is 0 Å². The highest BCUT2D eigenvalue weighted by atomic mass is 16.1. The summed E-state index contributed by atoms with van der Waals surface area (Å²) in [5.74, 6) is 0.0305. The van der Waals surface area contributed by atoms with Gasteiger partial charge in [-0.1, -0.05) is 26.0 Å². The SMILES string of the molecule is CC(C)NCCC(=O)Nc1cccc(Cn2ccnc2)c1. The Morgan fingerprint density at radius 2 is 2.24 bits per heavy atom. The summed E-state index contributed by atoms with van der Waals surface area (Å²) < 4.78 is 1.99. The molecule has 1 amide bonds. The van der Waals surface area contributed by atoms with Crippen LogP contribution in [0.2, 0.25) is 0 Å². The zero-order valence-corrected chi connectivity index (χ0v) is 12.5. The summed E-state index contributed by atoms with van der Waals surface area (Å²) in [4.78, 5) is 15.9. The molecule has 2 aromatic rings. The third kappa shape index (κ3) is 5.39. The van der Waals surface area contributed by atoms with Crippen molar-refractivity contribution >= 4 is 11.6 Å². The Balaban J connectivity index is 1.87. The summed E-state index contributed by atoms with van der Waals surface area (Å²) in [5.41, 5.74) is 1.97. The van der Waals surface area contributed by atoms with E-state index in [0.29, 0.717) is 19.0 Å². The van der Waals surface area contributed by atoms with Crippen LogP contribution in [0.4, 0.5) is 5.69 Å². The second kappa shape index (κ2) is 7.59. The molecule has 112 valence electrons. The van der Waals surface area contributed by atoms with Crippen molar-refractivity contribution in [1.29, 1.82) is 0 Å². The van der Waals surface area contributed by atoms with Gasteiger partial charge in [0.2, 0.25) is 5.91 Å². The maximum absolute atomic E-state index is 11.9. The Labute approximate surface area is 125 Å². The minimum absolute atomic E-state index is 0.0305. The molecule has 1 heterocycles. The lowest BCUT2D eigenvalue weighted by Gasteiger charge is -2.10. The van der Waals surface area contributed by atoms with E-state index in [0.717, 1.165) is 17.8 Å². The molecule has 0 saturated carbocycles. The number of nitrogens with one attached hydrogen (secondary N) is 2. The van der Waals surface area contributed by atoms with Crippen molar-refractivity contribution in [3.63, 3.8) is 0 Å². The highest BCUT2D eigenvalue weighted by Gasteiger charge is 2.04. The van der Waals surface area contributed by atoms with Crippen LogP contribution in [-0.4, -0.2) is 28.0 Å². The number of nitrogens with zero attached hydrogens (tertiary/aromatic N) is 2. The minimum Gasteiger partial charge on any atom is -0.333 e. The lowest BCUT2D eigenvalue weighted by molar-refractivity contribution is -0.116. The van der Waals surface area contributed by atoms with Gasteiger partial charge in [0.05, 0.1) is 6.33 Å². The third-order valence-corrected chi connectivity index (χ3v) is 3.04. The smallest absolute Gasteiger partial charge is 0.225 e. The van der Waals surface area contributed by atoms with Crippen molar-refractivity contribution in [3.8, 4) is 0 Å². The molecule has 5 heteroatoms. The number of carbonyl (C=O) groups is 1. The molecule has 0 atom stereocenters. The molecular weight excluding hydrogens is 264 g/mol. The zero-order chi connectivity index (χ0) is 15.1. The van der Waals surface area contributed by atoms with Gasteiger partial charge in [0.25, 0.3) is 0 Å². The van der Waals surface area contributed by atoms with Gasteiger partial charge in [-0.15, -0.1) is 0 Å². The molecule has 2 rings (SSSR count). The van der Waals surface area contributed by atoms with Crippen LogP contribution in [-0.2, 0) is 11.3 Å². The van der Waals surface area contributed by atoms with Gasteiger partial charge in [-0.25, -0.2) is 4.98 Å². The Morgan fingerprint density at radius 3 is 2.95 bits per heavy atom. The second-order valence-corrected chi connectivity index (χ2v) is 5.34. The predicted molar refractivity (Wildman–Crippen MR) is 84.2 cm³/mol. The second-order valence-electron chi connectivity index (χ2n) is 5.34. The van der Waals surface area contributed by atoms with Crippen LogP contribution in [0, 0.1) is 0 Å². The number of amides is 1. The van der Waals surface area contributed by atoms with Gasteiger partial charge in [0.1, 0.15) is 0 Å². The largest absolute Gasteiger partial charge is 0.333 e. The van der Waals surface area contributed by atoms with Crippen LogP contribution < -0.4 is 10.6 Å². The van der Waals surface area contributed by atoms with Crippen LogP contribution in [0.25, 0.3) is 0 Å². The van der Waals surface area contributed by atoms with Crippen molar-refractivity contribution in [2.75, 3.05) is 11.9 Å². The lowest BCUT2D eigenvalue weighted by Crippen LogP contribution is -2.27. The van der Waals surface area contributed by atoms with E-state index in [2.05, 4.69) is 29.5 Å². The third-order valence-electron chi connectivity index (χ3n) is 3.04. The number of benzene rings is 1. The fourth-order valence-corrected chi connectivity index (χ4v) is 2.04. The molecule has 0 bridgehead atoms. The summed E-state index contributed by atoms with van der Waals surface area (Å²) in [6.07, 6.45) is 5.93. The van der Waals surface area contributed by atoms with E-state index in [1.54, 1.807) is 12.5 Å². The molecule has 0 aliphatic rings. The van der Waals surface area contributed by atoms with Gasteiger partial charge in [0, 0.05) is 43.6 Å². The Morgan fingerprint density at radius 1 is 1.38 bits per heavy atom. The Bertz CT molecular complexity index is 563. The molecule has 0 unspecified atom stereocenters. The zero-order valence-electron chi connectivity index (χ0n) is 12.5. The van der Waals surface area contributed by atoms with E-state index in [9.17, 15) is 4.79 Å². The van der Waals surface area contributed by atoms with E-state index in [1.165, 1.54) is 0 Å². The molecule has 21 heavy (non-hydrogen) atoms. The first-order valence-electron chi connectivity index (χ1n) is 7.21. The number of hydrogen-bond acceptors (Lipinski definition) is 3. The van der Waals surface area contributed by atoms with E-state index in [1.807, 2.05) is 35.0 Å². The molecule has 0 aliphatic carbocycles. The number of rotatable bonds is 7. The lowest BCUT2D eigenvalue weighted by atomic mass is 10.2. The maximum Gasteiger partial charge on any atom is 0.225 e. The Hall–Kier alpha value is -2.14. The van der Waals surface area contributed by atoms with Crippen molar-refractivity contribution in [2.45, 2.75) is 32.9 Å². The van der Waals surface area contributed by atoms with Crippen LogP contribution in [0.5, 0.6) is 0 Å². The van der Waals surface area contributed by atoms with Gasteiger partial charge in [-0.05, 0) is 17.7 Å². The maximum atomic E-state index is 11.9. The highest BCUT2D eigenvalue weighted by Crippen LogP contribution is 2.12. The van der Waals surface area contributed by atoms with Gasteiger partial charge in [0.15, 0.2) is 0 Å². The highest BCUT2D eigenvalue weighted by molar-refractivity contribution is 5.90. The summed E-state index contributed by atoms with van der Waals surface area (Å²) >= 11 is 0. The predicted octanol–water partition coefficient (Wildman–Crippen LogP) is 2.26. The van der Waals surface area contributed by atoms with Crippen molar-refractivity contribution in [2.24, 2.45) is 0 Å².